The van der Waals surface area contributed by atoms with Gasteiger partial charge in [0.05, 0.1) is 11.4 Å². The van der Waals surface area contributed by atoms with Gasteiger partial charge >= 0.3 is 16.5 Å². The molecular weight excluding hydrogens is 327 g/mol. The molecule has 0 unspecified atom stereocenters. The zero-order valence-electron chi connectivity index (χ0n) is 13.3. The Hall–Kier alpha value is -1.99. The summed E-state index contributed by atoms with van der Waals surface area (Å²) in [7, 11) is 0. The van der Waals surface area contributed by atoms with E-state index in [0.717, 1.165) is 17.0 Å². The molecule has 0 saturated carbocycles. The fourth-order valence-electron chi connectivity index (χ4n) is 1.84. The Bertz CT molecular complexity index is 625. The van der Waals surface area contributed by atoms with Crippen molar-refractivity contribution in [1.82, 2.24) is 9.97 Å². The zero-order chi connectivity index (χ0) is 15.8. The first kappa shape index (κ1) is 19.1. The first-order valence-corrected chi connectivity index (χ1v) is 7.22. The first-order chi connectivity index (χ1) is 10.6. The summed E-state index contributed by atoms with van der Waals surface area (Å²) in [4.78, 5) is 8.37. The molecule has 2 aromatic heterocycles. The molecule has 0 amide bonds. The van der Waals surface area contributed by atoms with Gasteiger partial charge in [-0.25, -0.2) is 0 Å². The second kappa shape index (κ2) is 9.22. The van der Waals surface area contributed by atoms with Crippen LogP contribution >= 0.6 is 0 Å². The van der Waals surface area contributed by atoms with E-state index in [1.807, 2.05) is 60.7 Å². The molecule has 0 aliphatic rings. The summed E-state index contributed by atoms with van der Waals surface area (Å²) < 4.78 is 0. The van der Waals surface area contributed by atoms with Gasteiger partial charge in [0.15, 0.2) is 0 Å². The molecule has 0 aliphatic heterocycles. The van der Waals surface area contributed by atoms with E-state index in [9.17, 15) is 0 Å². The van der Waals surface area contributed by atoms with Gasteiger partial charge in [0.1, 0.15) is 0 Å². The summed E-state index contributed by atoms with van der Waals surface area (Å²) >= 11 is 0. The van der Waals surface area contributed by atoms with Crippen molar-refractivity contribution in [1.29, 1.82) is 0 Å². The predicted octanol–water partition coefficient (Wildman–Crippen LogP) is 4.74. The third kappa shape index (κ3) is 6.34. The SMILES string of the molecule is [CH2-]C(C)(C)c1[c-]cccc1.[Ni+2].c1ccc(-c2ccccn2)nc1. The van der Waals surface area contributed by atoms with Gasteiger partial charge < -0.3 is 6.92 Å². The number of benzene rings is 1. The van der Waals surface area contributed by atoms with Gasteiger partial charge in [-0.2, -0.15) is 41.3 Å². The molecule has 2 nitrogen and oxygen atoms in total. The van der Waals surface area contributed by atoms with E-state index in [1.165, 1.54) is 0 Å². The van der Waals surface area contributed by atoms with Gasteiger partial charge in [-0.05, 0) is 24.3 Å². The van der Waals surface area contributed by atoms with Crippen molar-refractivity contribution in [3.63, 3.8) is 0 Å². The maximum atomic E-state index is 4.19. The summed E-state index contributed by atoms with van der Waals surface area (Å²) in [6.07, 6.45) is 3.54. The van der Waals surface area contributed by atoms with Gasteiger partial charge in [-0.3, -0.25) is 9.97 Å². The van der Waals surface area contributed by atoms with Crippen molar-refractivity contribution in [3.05, 3.63) is 91.6 Å². The molecule has 0 atom stereocenters. The van der Waals surface area contributed by atoms with Crippen LogP contribution in [0, 0.1) is 13.0 Å². The molecule has 3 rings (SSSR count). The standard InChI is InChI=1S/C10H8N2.C10H12.Ni/c1-3-7-11-9(5-1)10-6-2-4-8-12-10;1-10(2,3)9-7-5-4-6-8-9;/h1-8H;4-7H,1H2,2-3H3;/q;-2;+2. The molecule has 120 valence electrons. The molecule has 0 fully saturated rings. The monoisotopic (exact) mass is 346 g/mol. The van der Waals surface area contributed by atoms with Crippen molar-refractivity contribution < 1.29 is 16.5 Å². The van der Waals surface area contributed by atoms with Crippen molar-refractivity contribution in [2.45, 2.75) is 19.3 Å². The van der Waals surface area contributed by atoms with Gasteiger partial charge in [-0.15, -0.1) is 0 Å². The first-order valence-electron chi connectivity index (χ1n) is 7.22. The minimum Gasteiger partial charge on any atom is -0.335 e. The average Bonchev–Trinajstić information content (AvgIpc) is 2.57. The van der Waals surface area contributed by atoms with Gasteiger partial charge in [0.2, 0.25) is 0 Å². The fraction of sp³-hybridized carbons (Fsp3) is 0.150. The molecule has 0 N–H and O–H groups in total. The number of aromatic nitrogens is 2. The van der Waals surface area contributed by atoms with Crippen LogP contribution in [0.25, 0.3) is 11.4 Å². The number of pyridine rings is 2. The Balaban J connectivity index is 0.000000224. The van der Waals surface area contributed by atoms with E-state index in [0.29, 0.717) is 0 Å². The molecule has 23 heavy (non-hydrogen) atoms. The summed E-state index contributed by atoms with van der Waals surface area (Å²) in [5.41, 5.74) is 2.98. The van der Waals surface area contributed by atoms with E-state index >= 15 is 0 Å². The molecule has 2 heterocycles. The zero-order valence-corrected chi connectivity index (χ0v) is 14.3. The van der Waals surface area contributed by atoms with E-state index in [4.69, 9.17) is 0 Å². The fourth-order valence-corrected chi connectivity index (χ4v) is 1.84. The van der Waals surface area contributed by atoms with Gasteiger partial charge in [0, 0.05) is 12.4 Å². The summed E-state index contributed by atoms with van der Waals surface area (Å²) in [6, 6.07) is 22.7. The third-order valence-electron chi connectivity index (χ3n) is 3.03. The van der Waals surface area contributed by atoms with E-state index in [1.54, 1.807) is 12.4 Å². The van der Waals surface area contributed by atoms with Crippen molar-refractivity contribution in [2.75, 3.05) is 0 Å². The molecule has 0 radical (unpaired) electrons. The van der Waals surface area contributed by atoms with Crippen LogP contribution in [0.5, 0.6) is 0 Å². The quantitative estimate of drug-likeness (QED) is 0.494. The van der Waals surface area contributed by atoms with Gasteiger partial charge in [0.25, 0.3) is 0 Å². The molecule has 3 heteroatoms. The topological polar surface area (TPSA) is 25.8 Å². The average molecular weight is 347 g/mol. The van der Waals surface area contributed by atoms with Crippen LogP contribution in [0.2, 0.25) is 0 Å². The molecule has 0 bridgehead atoms. The minimum atomic E-state index is -0.0126. The maximum Gasteiger partial charge on any atom is 2.00 e. The van der Waals surface area contributed by atoms with E-state index in [2.05, 4.69) is 36.8 Å². The number of rotatable bonds is 2. The van der Waals surface area contributed by atoms with Crippen LogP contribution in [0.3, 0.4) is 0 Å². The molecular formula is C20H20N2Ni. The minimum absolute atomic E-state index is 0. The third-order valence-corrected chi connectivity index (χ3v) is 3.03. The Labute approximate surface area is 148 Å². The smallest absolute Gasteiger partial charge is 0.335 e. The number of hydrogen-bond donors (Lipinski definition) is 0. The summed E-state index contributed by atoms with van der Waals surface area (Å²) in [5.74, 6) is 0. The van der Waals surface area contributed by atoms with Crippen LogP contribution in [-0.4, -0.2) is 9.97 Å². The largest absolute Gasteiger partial charge is 2.00 e. The summed E-state index contributed by atoms with van der Waals surface area (Å²) in [6.45, 7) is 8.17. The van der Waals surface area contributed by atoms with Crippen molar-refractivity contribution in [2.24, 2.45) is 0 Å². The normalized spacial score (nSPS) is 10.0. The number of nitrogens with zero attached hydrogens (tertiary/aromatic N) is 2. The molecule has 0 spiro atoms. The van der Waals surface area contributed by atoms with Crippen molar-refractivity contribution in [3.8, 4) is 11.4 Å². The maximum absolute atomic E-state index is 4.19. The predicted molar refractivity (Wildman–Crippen MR) is 91.1 cm³/mol. The molecule has 1 aromatic carbocycles. The Kier molecular flexibility index (Phi) is 7.64. The van der Waals surface area contributed by atoms with Crippen LogP contribution in [0.1, 0.15) is 19.4 Å². The van der Waals surface area contributed by atoms with Crippen molar-refractivity contribution >= 4 is 0 Å². The second-order valence-electron chi connectivity index (χ2n) is 5.59. The second-order valence-corrected chi connectivity index (χ2v) is 5.59. The number of hydrogen-bond acceptors (Lipinski definition) is 2. The van der Waals surface area contributed by atoms with Crippen LogP contribution < -0.4 is 0 Å². The Morgan fingerprint density at radius 2 is 1.35 bits per heavy atom. The van der Waals surface area contributed by atoms with Crippen LogP contribution in [0.15, 0.2) is 73.1 Å². The molecule has 3 aromatic rings. The Morgan fingerprint density at radius 3 is 1.65 bits per heavy atom. The van der Waals surface area contributed by atoms with Crippen LogP contribution in [0.4, 0.5) is 0 Å². The van der Waals surface area contributed by atoms with Crippen LogP contribution in [-0.2, 0) is 21.9 Å². The summed E-state index contributed by atoms with van der Waals surface area (Å²) in [5, 5.41) is 0. The van der Waals surface area contributed by atoms with E-state index < -0.39 is 0 Å². The van der Waals surface area contributed by atoms with E-state index in [-0.39, 0.29) is 21.9 Å². The molecule has 0 aliphatic carbocycles. The molecule has 0 saturated heterocycles. The Morgan fingerprint density at radius 1 is 0.826 bits per heavy atom. The van der Waals surface area contributed by atoms with Gasteiger partial charge in [-0.1, -0.05) is 26.0 Å².